The van der Waals surface area contributed by atoms with Crippen molar-refractivity contribution < 1.29 is 28.7 Å². The lowest BCUT2D eigenvalue weighted by Gasteiger charge is -2.26. The van der Waals surface area contributed by atoms with Gasteiger partial charge in [0.15, 0.2) is 0 Å². The van der Waals surface area contributed by atoms with Crippen LogP contribution in [0.15, 0.2) is 42.5 Å². The summed E-state index contributed by atoms with van der Waals surface area (Å²) in [5, 5.41) is 11.4. The number of alkyl carbamates (subject to hydrolysis) is 1. The molecule has 51 heavy (non-hydrogen) atoms. The zero-order chi connectivity index (χ0) is 37.6. The van der Waals surface area contributed by atoms with Gasteiger partial charge in [0.1, 0.15) is 23.4 Å². The molecule has 0 bridgehead atoms. The molecule has 0 aliphatic carbocycles. The van der Waals surface area contributed by atoms with Crippen LogP contribution in [-0.4, -0.2) is 54.8 Å². The lowest BCUT2D eigenvalue weighted by molar-refractivity contribution is -0.129. The molecule has 0 fully saturated rings. The number of carbonyl (C=O) groups excluding carboxylic acids is 4. The molecule has 0 saturated carbocycles. The number of unbranched alkanes of at least 4 members (excludes halogenated alkanes) is 5. The first-order valence-electron chi connectivity index (χ1n) is 19.1. The maximum atomic E-state index is 13.9. The second-order valence-corrected chi connectivity index (χ2v) is 14.3. The molecule has 4 amide bonds. The molecule has 0 spiro atoms. The molecular formula is C41H64N4O6. The molecule has 0 aliphatic rings. The predicted octanol–water partition coefficient (Wildman–Crippen LogP) is 7.73. The Labute approximate surface area is 306 Å². The Hall–Kier alpha value is -4.08. The minimum absolute atomic E-state index is 0.183. The molecule has 10 heteroatoms. The fourth-order valence-corrected chi connectivity index (χ4v) is 5.72. The molecule has 10 nitrogen and oxygen atoms in total. The average molecular weight is 709 g/mol. The molecule has 0 aromatic heterocycles. The highest BCUT2D eigenvalue weighted by atomic mass is 16.6. The first kappa shape index (κ1) is 43.1. The van der Waals surface area contributed by atoms with Crippen LogP contribution in [0.1, 0.15) is 129 Å². The highest BCUT2D eigenvalue weighted by Crippen LogP contribution is 2.28. The largest absolute Gasteiger partial charge is 0.444 e. The Balaban J connectivity index is 2.37. The number of aryl methyl sites for hydroxylation is 3. The van der Waals surface area contributed by atoms with Crippen LogP contribution in [0, 0.1) is 0 Å². The zero-order valence-corrected chi connectivity index (χ0v) is 32.3. The Morgan fingerprint density at radius 1 is 0.686 bits per heavy atom. The fourth-order valence-electron chi connectivity index (χ4n) is 5.72. The van der Waals surface area contributed by atoms with Gasteiger partial charge in [-0.25, -0.2) is 9.59 Å². The van der Waals surface area contributed by atoms with Gasteiger partial charge in [0, 0.05) is 19.5 Å². The van der Waals surface area contributed by atoms with Crippen LogP contribution in [0.25, 0.3) is 0 Å². The lowest BCUT2D eigenvalue weighted by atomic mass is 9.89. The predicted molar refractivity (Wildman–Crippen MR) is 204 cm³/mol. The molecule has 2 rings (SSSR count). The van der Waals surface area contributed by atoms with Gasteiger partial charge >= 0.3 is 12.2 Å². The van der Waals surface area contributed by atoms with E-state index in [4.69, 9.17) is 9.47 Å². The SMILES string of the molecule is CCCCCc1cc(OC(=O)NCCCC)cc(CCCCC)c1C[C@@H](NC(=O)OC(C)(C)C)C(=O)N[C@H](C)C(=O)NCCCc1ccccc1. The van der Waals surface area contributed by atoms with Crippen molar-refractivity contribution in [3.05, 3.63) is 64.7 Å². The minimum Gasteiger partial charge on any atom is -0.444 e. The molecule has 0 heterocycles. The van der Waals surface area contributed by atoms with Crippen LogP contribution < -0.4 is 26.0 Å². The van der Waals surface area contributed by atoms with Crippen LogP contribution in [-0.2, 0) is 40.0 Å². The van der Waals surface area contributed by atoms with E-state index in [1.165, 1.54) is 5.56 Å². The van der Waals surface area contributed by atoms with Gasteiger partial charge in [-0.15, -0.1) is 0 Å². The van der Waals surface area contributed by atoms with Crippen LogP contribution in [0.2, 0.25) is 0 Å². The first-order valence-corrected chi connectivity index (χ1v) is 19.1. The Morgan fingerprint density at radius 3 is 1.84 bits per heavy atom. The summed E-state index contributed by atoms with van der Waals surface area (Å²) in [6, 6.07) is 12.0. The van der Waals surface area contributed by atoms with E-state index in [2.05, 4.69) is 54.2 Å². The van der Waals surface area contributed by atoms with Crippen molar-refractivity contribution >= 4 is 24.0 Å². The lowest BCUT2D eigenvalue weighted by Crippen LogP contribution is -2.54. The van der Waals surface area contributed by atoms with Crippen molar-refractivity contribution in [2.24, 2.45) is 0 Å². The molecule has 2 aromatic carbocycles. The zero-order valence-electron chi connectivity index (χ0n) is 32.3. The van der Waals surface area contributed by atoms with Gasteiger partial charge in [0.05, 0.1) is 0 Å². The van der Waals surface area contributed by atoms with Gasteiger partial charge < -0.3 is 30.7 Å². The summed E-state index contributed by atoms with van der Waals surface area (Å²) in [5.41, 5.74) is 3.31. The first-order chi connectivity index (χ1) is 24.4. The van der Waals surface area contributed by atoms with Gasteiger partial charge in [-0.05, 0) is 107 Å². The molecule has 0 unspecified atom stereocenters. The topological polar surface area (TPSA) is 135 Å². The quantitative estimate of drug-likeness (QED) is 0.0926. The van der Waals surface area contributed by atoms with Crippen molar-refractivity contribution in [2.75, 3.05) is 13.1 Å². The molecule has 0 radical (unpaired) electrons. The number of amides is 4. The van der Waals surface area contributed by atoms with Crippen LogP contribution in [0.3, 0.4) is 0 Å². The molecule has 2 aromatic rings. The summed E-state index contributed by atoms with van der Waals surface area (Å²) in [4.78, 5) is 52.7. The number of carbonyl (C=O) groups is 4. The number of rotatable bonds is 22. The number of benzene rings is 2. The standard InChI is InChI=1S/C41H64N4O6/c1-8-11-15-23-32-27-34(50-39(48)43-25-13-10-3)28-33(24-16-12-9-2)35(32)29-36(45-40(49)51-41(5,6)7)38(47)44-30(4)37(46)42-26-19-22-31-20-17-14-18-21-31/h14,17-18,20-21,27-28,30,36H,8-13,15-16,19,22-26,29H2,1-7H3,(H,42,46)(H,43,48)(H,44,47)(H,45,49)/t30-,36-/m1/s1. The third kappa shape index (κ3) is 17.6. The van der Waals surface area contributed by atoms with Crippen molar-refractivity contribution in [3.63, 3.8) is 0 Å². The summed E-state index contributed by atoms with van der Waals surface area (Å²) in [6.07, 6.45) is 9.78. The second kappa shape index (κ2) is 23.4. The summed E-state index contributed by atoms with van der Waals surface area (Å²) < 4.78 is 11.3. The summed E-state index contributed by atoms with van der Waals surface area (Å²) >= 11 is 0. The van der Waals surface area contributed by atoms with E-state index < -0.39 is 35.8 Å². The smallest absolute Gasteiger partial charge is 0.412 e. The molecule has 0 saturated heterocycles. The van der Waals surface area contributed by atoms with Gasteiger partial charge in [0.2, 0.25) is 11.8 Å². The maximum absolute atomic E-state index is 13.9. The third-order valence-corrected chi connectivity index (χ3v) is 8.47. The number of nitrogens with one attached hydrogen (secondary N) is 4. The molecular weight excluding hydrogens is 644 g/mol. The highest BCUT2D eigenvalue weighted by Gasteiger charge is 2.29. The van der Waals surface area contributed by atoms with Crippen molar-refractivity contribution in [1.82, 2.24) is 21.3 Å². The van der Waals surface area contributed by atoms with E-state index in [1.54, 1.807) is 27.7 Å². The van der Waals surface area contributed by atoms with E-state index in [0.29, 0.717) is 18.8 Å². The maximum Gasteiger partial charge on any atom is 0.412 e. The van der Waals surface area contributed by atoms with Crippen LogP contribution in [0.4, 0.5) is 9.59 Å². The van der Waals surface area contributed by atoms with Gasteiger partial charge in [-0.2, -0.15) is 0 Å². The molecule has 2 atom stereocenters. The Bertz CT molecular complexity index is 1330. The van der Waals surface area contributed by atoms with Crippen molar-refractivity contribution in [3.8, 4) is 5.75 Å². The molecule has 284 valence electrons. The highest BCUT2D eigenvalue weighted by molar-refractivity contribution is 5.91. The summed E-state index contributed by atoms with van der Waals surface area (Å²) in [5.74, 6) is -0.321. The number of ether oxygens (including phenoxy) is 2. The van der Waals surface area contributed by atoms with Crippen LogP contribution in [0.5, 0.6) is 5.75 Å². The number of hydrogen-bond acceptors (Lipinski definition) is 6. The van der Waals surface area contributed by atoms with Gasteiger partial charge in [-0.3, -0.25) is 9.59 Å². The van der Waals surface area contributed by atoms with E-state index >= 15 is 0 Å². The van der Waals surface area contributed by atoms with E-state index in [-0.39, 0.29) is 12.3 Å². The summed E-state index contributed by atoms with van der Waals surface area (Å²) in [7, 11) is 0. The second-order valence-electron chi connectivity index (χ2n) is 14.3. The minimum atomic E-state index is -1.02. The monoisotopic (exact) mass is 708 g/mol. The average Bonchev–Trinajstić information content (AvgIpc) is 3.07. The molecule has 4 N–H and O–H groups in total. The van der Waals surface area contributed by atoms with Crippen LogP contribution >= 0.6 is 0 Å². The summed E-state index contributed by atoms with van der Waals surface area (Å²) in [6.45, 7) is 14.3. The fraction of sp³-hybridized carbons (Fsp3) is 0.610. The normalized spacial score (nSPS) is 12.4. The Morgan fingerprint density at radius 2 is 1.27 bits per heavy atom. The number of hydrogen-bond donors (Lipinski definition) is 4. The third-order valence-electron chi connectivity index (χ3n) is 8.47. The van der Waals surface area contributed by atoms with Gasteiger partial charge in [0.25, 0.3) is 0 Å². The van der Waals surface area contributed by atoms with E-state index in [9.17, 15) is 19.2 Å². The van der Waals surface area contributed by atoms with Crippen molar-refractivity contribution in [1.29, 1.82) is 0 Å². The molecule has 0 aliphatic heterocycles. The Kier molecular flexibility index (Phi) is 19.8. The van der Waals surface area contributed by atoms with Gasteiger partial charge in [-0.1, -0.05) is 83.2 Å². The van der Waals surface area contributed by atoms with Crippen molar-refractivity contribution in [2.45, 2.75) is 150 Å². The van der Waals surface area contributed by atoms with E-state index in [1.807, 2.05) is 30.3 Å². The van der Waals surface area contributed by atoms with E-state index in [0.717, 1.165) is 93.7 Å².